The average molecular weight is 1610 g/mol. The Hall–Kier alpha value is -4.24. The van der Waals surface area contributed by atoms with Crippen LogP contribution in [0.2, 0.25) is 0 Å². The van der Waals surface area contributed by atoms with Crippen LogP contribution in [0.3, 0.4) is 0 Å². The minimum atomic E-state index is -0.653. The molecule has 0 radical (unpaired) electrons. The molecule has 0 N–H and O–H groups in total. The molecule has 654 valence electrons. The highest BCUT2D eigenvalue weighted by Gasteiger charge is 2.70. The summed E-state index contributed by atoms with van der Waals surface area (Å²) in [7, 11) is 0. The van der Waals surface area contributed by atoms with Crippen molar-refractivity contribution in [3.63, 3.8) is 0 Å². The third-order valence-electron chi connectivity index (χ3n) is 34.8. The lowest BCUT2D eigenvalue weighted by atomic mass is 9.41. The van der Waals surface area contributed by atoms with E-state index in [1.165, 1.54) is 44.9 Å². The summed E-state index contributed by atoms with van der Waals surface area (Å²) >= 11 is 0. The zero-order valence-corrected chi connectivity index (χ0v) is 77.0. The minimum Gasteiger partial charge on any atom is -0.460 e. The summed E-state index contributed by atoms with van der Waals surface area (Å²) in [5.41, 5.74) is -7.00. The van der Waals surface area contributed by atoms with Gasteiger partial charge in [-0.1, -0.05) is 48.0 Å². The zero-order valence-electron chi connectivity index (χ0n) is 77.0. The van der Waals surface area contributed by atoms with E-state index in [4.69, 9.17) is 37.9 Å². The highest BCUT2D eigenvalue weighted by atomic mass is 16.6. The van der Waals surface area contributed by atoms with E-state index in [1.54, 1.807) is 0 Å². The summed E-state index contributed by atoms with van der Waals surface area (Å²) in [5.74, 6) is 5.59. The molecule has 16 heteroatoms. The molecule has 4 atom stereocenters. The van der Waals surface area contributed by atoms with Crippen molar-refractivity contribution < 1.29 is 76.3 Å². The van der Waals surface area contributed by atoms with Gasteiger partial charge in [-0.25, -0.2) is 0 Å². The molecule has 18 aliphatic rings. The Morgan fingerprint density at radius 1 is 0.322 bits per heavy atom. The van der Waals surface area contributed by atoms with Crippen LogP contribution in [0, 0.1) is 114 Å². The fraction of sp³-hybridized carbons (Fsp3) is 0.919. The molecule has 4 unspecified atom stereocenters. The van der Waals surface area contributed by atoms with E-state index in [0.29, 0.717) is 47.3 Å². The Morgan fingerprint density at radius 2 is 0.643 bits per heavy atom. The second-order valence-corrected chi connectivity index (χ2v) is 47.2. The van der Waals surface area contributed by atoms with Crippen LogP contribution >= 0.6 is 0 Å². The molecule has 0 aliphatic heterocycles. The van der Waals surface area contributed by atoms with Gasteiger partial charge in [-0.15, -0.1) is 0 Å². The summed E-state index contributed by atoms with van der Waals surface area (Å²) in [4.78, 5) is 105. The van der Waals surface area contributed by atoms with Gasteiger partial charge in [0.15, 0.2) is 0 Å². The molecule has 0 spiro atoms. The smallest absolute Gasteiger partial charge is 0.312 e. The number of hydrogen-bond donors (Lipinski definition) is 0. The van der Waals surface area contributed by atoms with E-state index in [1.807, 2.05) is 118 Å². The number of hydrogen-bond acceptors (Lipinski definition) is 16. The highest BCUT2D eigenvalue weighted by Crippen LogP contribution is 2.72. The lowest BCUT2D eigenvalue weighted by molar-refractivity contribution is -0.231. The maximum absolute atomic E-state index is 13.9. The van der Waals surface area contributed by atoms with Gasteiger partial charge >= 0.3 is 47.8 Å². The zero-order chi connectivity index (χ0) is 84.8. The van der Waals surface area contributed by atoms with Crippen LogP contribution in [0.15, 0.2) is 0 Å². The molecule has 18 fully saturated rings. The van der Waals surface area contributed by atoms with Crippen molar-refractivity contribution in [3.8, 4) is 0 Å². The molecule has 115 heavy (non-hydrogen) atoms. The Balaban J connectivity index is 0.000000151. The monoisotopic (exact) mass is 1610 g/mol. The summed E-state index contributed by atoms with van der Waals surface area (Å²) in [5, 5.41) is 0. The van der Waals surface area contributed by atoms with Crippen LogP contribution in [-0.4, -0.2) is 92.6 Å². The SMILES string of the molecule is CCC(C)(C)C(=O)OC1(CC(=O)OC(C)(C)C)C2CC3CC(C2)CC1C3.CCC(C)(C)C(=O)OC1(CC(=O)OC2(C)CCCC2)C2CC3CC(C2)CC1C3.CCC(C)(C)OC(=O)C12CC3CC(C1)CC(C(C)(C)OC(=O)C(C)(C)CC)(C3)C2.CCC1(OC(=O)C23CC4CC(C2)CC(C(C)(C)OC(=O)C(C)(C)CC)(C4)C3)CCCCC1. The Morgan fingerprint density at radius 3 is 0.974 bits per heavy atom. The van der Waals surface area contributed by atoms with Gasteiger partial charge in [0.2, 0.25) is 0 Å². The van der Waals surface area contributed by atoms with Crippen molar-refractivity contribution in [1.82, 2.24) is 0 Å². The van der Waals surface area contributed by atoms with E-state index in [9.17, 15) is 38.4 Å². The first-order chi connectivity index (χ1) is 53.2. The number of esters is 8. The van der Waals surface area contributed by atoms with E-state index in [0.717, 1.165) is 216 Å². The minimum absolute atomic E-state index is 0.0150. The average Bonchev–Trinajstić information content (AvgIpc) is 1.69. The van der Waals surface area contributed by atoms with Gasteiger partial charge < -0.3 is 37.9 Å². The predicted octanol–water partition coefficient (Wildman–Crippen LogP) is 23.4. The molecule has 0 aromatic carbocycles. The van der Waals surface area contributed by atoms with Crippen LogP contribution < -0.4 is 0 Å². The maximum Gasteiger partial charge on any atom is 0.312 e. The van der Waals surface area contributed by atoms with Gasteiger partial charge in [-0.05, 0) is 403 Å². The van der Waals surface area contributed by atoms with Crippen molar-refractivity contribution in [1.29, 1.82) is 0 Å². The Bertz CT molecular complexity index is 3430. The standard InChI is InChI=1S/C28H46O4.C25H42O4.C24H38O4.C22H36O4/c1-7-24(3,4)22(29)31-25(5,6)27-17-20-14-21(18-27)16-26(15-20,19-27)23(30)32-28(8-2)12-10-9-11-13-28;1-9-21(3,4)19(26)29-23(7,8)25-14-17-11-18(15-25)13-24(12-17,16-25)20(27)28-22(5,6)10-2;1-5-22(2,3)21(26)28-24(15-20(25)27-23(4)8-6-7-9-23)18-11-16-10-17(13-18)14-19(24)12-16;1-7-21(5,6)19(24)26-22(13-18(23)25-20(2,3)4)16-9-14-8-15(11-16)12-17(22)10-14/h20-21H,7-19H2,1-6H3;17-18H,9-16H2,1-8H3;16-19H,5-15H2,1-4H3;14-17H,7-13H2,1-6H3. The lowest BCUT2D eigenvalue weighted by Crippen LogP contribution is -2.63. The third-order valence-corrected chi connectivity index (χ3v) is 34.8. The fourth-order valence-electron chi connectivity index (χ4n) is 26.3. The van der Waals surface area contributed by atoms with Crippen molar-refractivity contribution in [2.75, 3.05) is 0 Å². The fourth-order valence-corrected chi connectivity index (χ4v) is 26.3. The van der Waals surface area contributed by atoms with E-state index in [2.05, 4.69) is 48.5 Å². The summed E-state index contributed by atoms with van der Waals surface area (Å²) in [6, 6.07) is 0. The molecular formula is C99H162O16. The van der Waals surface area contributed by atoms with E-state index in [-0.39, 0.29) is 88.0 Å². The quantitative estimate of drug-likeness (QED) is 0.0614. The van der Waals surface area contributed by atoms with Gasteiger partial charge in [0.25, 0.3) is 0 Å². The normalized spacial score (nSPS) is 36.2. The maximum atomic E-state index is 13.9. The molecule has 18 saturated carbocycles. The van der Waals surface area contributed by atoms with Crippen LogP contribution in [0.1, 0.15) is 417 Å². The molecular weight excluding hydrogens is 1450 g/mol. The second kappa shape index (κ2) is 32.9. The second-order valence-electron chi connectivity index (χ2n) is 47.2. The number of rotatable bonds is 25. The number of carbonyl (C=O) groups excluding carboxylic acids is 8. The molecule has 18 aliphatic carbocycles. The molecule has 0 aromatic heterocycles. The van der Waals surface area contributed by atoms with Crippen LogP contribution in [-0.2, 0) is 76.3 Å². The molecule has 0 aromatic rings. The third kappa shape index (κ3) is 18.7. The summed E-state index contributed by atoms with van der Waals surface area (Å²) in [6.45, 7) is 48.1. The van der Waals surface area contributed by atoms with Gasteiger partial charge in [-0.3, -0.25) is 38.4 Å². The van der Waals surface area contributed by atoms with Crippen LogP contribution in [0.5, 0.6) is 0 Å². The van der Waals surface area contributed by atoms with Gasteiger partial charge in [0.1, 0.15) is 44.8 Å². The molecule has 16 bridgehead atoms. The van der Waals surface area contributed by atoms with Crippen LogP contribution in [0.4, 0.5) is 0 Å². The largest absolute Gasteiger partial charge is 0.460 e. The first-order valence-corrected chi connectivity index (χ1v) is 47.1. The number of carbonyl (C=O) groups is 8. The highest BCUT2D eigenvalue weighted by molar-refractivity contribution is 5.81. The van der Waals surface area contributed by atoms with Crippen molar-refractivity contribution in [2.24, 2.45) is 114 Å². The topological polar surface area (TPSA) is 210 Å². The summed E-state index contributed by atoms with van der Waals surface area (Å²) < 4.78 is 49.4. The van der Waals surface area contributed by atoms with Crippen molar-refractivity contribution >= 4 is 47.8 Å². The van der Waals surface area contributed by atoms with Gasteiger partial charge in [0, 0.05) is 34.5 Å². The first-order valence-electron chi connectivity index (χ1n) is 47.1. The lowest BCUT2D eigenvalue weighted by Gasteiger charge is -2.65. The van der Waals surface area contributed by atoms with E-state index < -0.39 is 60.7 Å². The predicted molar refractivity (Wildman–Crippen MR) is 448 cm³/mol. The Labute approximate surface area is 696 Å². The molecule has 16 nitrogen and oxygen atoms in total. The van der Waals surface area contributed by atoms with E-state index >= 15 is 0 Å². The van der Waals surface area contributed by atoms with Gasteiger partial charge in [0.05, 0.1) is 45.3 Å². The Kier molecular flexibility index (Phi) is 26.1. The van der Waals surface area contributed by atoms with Gasteiger partial charge in [-0.2, -0.15) is 0 Å². The number of ether oxygens (including phenoxy) is 8. The first kappa shape index (κ1) is 91.5. The molecule has 0 heterocycles. The summed E-state index contributed by atoms with van der Waals surface area (Å²) in [6.07, 6.45) is 38.5. The molecule has 18 rings (SSSR count). The van der Waals surface area contributed by atoms with Crippen molar-refractivity contribution in [3.05, 3.63) is 0 Å². The molecule has 0 amide bonds. The van der Waals surface area contributed by atoms with Crippen LogP contribution in [0.25, 0.3) is 0 Å². The van der Waals surface area contributed by atoms with Crippen molar-refractivity contribution in [2.45, 2.75) is 461 Å². The molecule has 0 saturated heterocycles.